The van der Waals surface area contributed by atoms with E-state index in [1.54, 1.807) is 4.31 Å². The van der Waals surface area contributed by atoms with Crippen molar-refractivity contribution in [1.82, 2.24) is 4.31 Å². The predicted molar refractivity (Wildman–Crippen MR) is 69.3 cm³/mol. The van der Waals surface area contributed by atoms with Gasteiger partial charge in [0.25, 0.3) is 0 Å². The van der Waals surface area contributed by atoms with E-state index in [2.05, 4.69) is 0 Å². The van der Waals surface area contributed by atoms with Crippen LogP contribution in [0, 0.1) is 0 Å². The van der Waals surface area contributed by atoms with Crippen molar-refractivity contribution in [2.75, 3.05) is 12.3 Å². The number of hydrogen-bond acceptors (Lipinski definition) is 2. The van der Waals surface area contributed by atoms with Gasteiger partial charge in [-0.05, 0) is 31.7 Å². The molecule has 94 valence electrons. The molecule has 0 spiro atoms. The van der Waals surface area contributed by atoms with E-state index >= 15 is 0 Å². The molecule has 0 saturated carbocycles. The first-order chi connectivity index (χ1) is 8.09. The summed E-state index contributed by atoms with van der Waals surface area (Å²) in [6.45, 7) is 2.69. The van der Waals surface area contributed by atoms with Gasteiger partial charge in [0.15, 0.2) is 0 Å². The smallest absolute Gasteiger partial charge is 0.212 e. The van der Waals surface area contributed by atoms with Gasteiger partial charge >= 0.3 is 0 Å². The number of aryl methyl sites for hydroxylation is 1. The van der Waals surface area contributed by atoms with Gasteiger partial charge in [0, 0.05) is 12.6 Å². The number of hydrogen-bond donors (Lipinski definition) is 0. The van der Waals surface area contributed by atoms with Crippen molar-refractivity contribution in [3.8, 4) is 0 Å². The topological polar surface area (TPSA) is 37.4 Å². The molecule has 1 saturated heterocycles. The lowest BCUT2D eigenvalue weighted by molar-refractivity contribution is 0.408. The van der Waals surface area contributed by atoms with Gasteiger partial charge in [0.2, 0.25) is 10.0 Å². The molecule has 0 aliphatic carbocycles. The second kappa shape index (κ2) is 5.19. The molecule has 1 aliphatic heterocycles. The van der Waals surface area contributed by atoms with Crippen molar-refractivity contribution >= 4 is 10.0 Å². The summed E-state index contributed by atoms with van der Waals surface area (Å²) in [7, 11) is -3.07. The highest BCUT2D eigenvalue weighted by Crippen LogP contribution is 2.21. The number of benzene rings is 1. The zero-order valence-electron chi connectivity index (χ0n) is 10.2. The first-order valence-electron chi connectivity index (χ1n) is 6.13. The number of nitrogens with zero attached hydrogens (tertiary/aromatic N) is 1. The van der Waals surface area contributed by atoms with Crippen LogP contribution in [0.3, 0.4) is 0 Å². The van der Waals surface area contributed by atoms with Crippen molar-refractivity contribution in [1.29, 1.82) is 0 Å². The maximum atomic E-state index is 12.1. The van der Waals surface area contributed by atoms with E-state index < -0.39 is 10.0 Å². The highest BCUT2D eigenvalue weighted by molar-refractivity contribution is 7.89. The van der Waals surface area contributed by atoms with Gasteiger partial charge in [0.1, 0.15) is 0 Å². The Balaban J connectivity index is 1.98. The molecule has 0 N–H and O–H groups in total. The molecular formula is C13H19NO2S. The van der Waals surface area contributed by atoms with Crippen molar-refractivity contribution in [3.05, 3.63) is 35.9 Å². The molecule has 1 aliphatic rings. The van der Waals surface area contributed by atoms with Gasteiger partial charge in [-0.1, -0.05) is 30.3 Å². The molecule has 1 aromatic carbocycles. The van der Waals surface area contributed by atoms with Crippen LogP contribution in [0.1, 0.15) is 25.3 Å². The molecule has 1 heterocycles. The lowest BCUT2D eigenvalue weighted by Crippen LogP contribution is -2.35. The molecule has 3 nitrogen and oxygen atoms in total. The minimum absolute atomic E-state index is 0.177. The van der Waals surface area contributed by atoms with Crippen LogP contribution >= 0.6 is 0 Å². The van der Waals surface area contributed by atoms with Gasteiger partial charge in [0.05, 0.1) is 5.75 Å². The average Bonchev–Trinajstić information content (AvgIpc) is 2.75. The van der Waals surface area contributed by atoms with E-state index in [1.807, 2.05) is 37.3 Å². The van der Waals surface area contributed by atoms with Crippen LogP contribution in [-0.4, -0.2) is 31.1 Å². The largest absolute Gasteiger partial charge is 0.214 e. The molecule has 1 unspecified atom stereocenters. The van der Waals surface area contributed by atoms with Crippen molar-refractivity contribution in [3.63, 3.8) is 0 Å². The van der Waals surface area contributed by atoms with E-state index in [9.17, 15) is 8.42 Å². The Labute approximate surface area is 104 Å². The molecular weight excluding hydrogens is 234 g/mol. The van der Waals surface area contributed by atoms with Crippen LogP contribution in [0.4, 0.5) is 0 Å². The molecule has 1 aromatic rings. The van der Waals surface area contributed by atoms with E-state index in [0.29, 0.717) is 13.0 Å². The maximum Gasteiger partial charge on any atom is 0.214 e. The minimum atomic E-state index is -3.07. The van der Waals surface area contributed by atoms with E-state index in [-0.39, 0.29) is 11.8 Å². The van der Waals surface area contributed by atoms with Gasteiger partial charge < -0.3 is 0 Å². The number of rotatable bonds is 4. The second-order valence-electron chi connectivity index (χ2n) is 4.65. The Morgan fingerprint density at radius 1 is 1.29 bits per heavy atom. The molecule has 0 aromatic heterocycles. The highest BCUT2D eigenvalue weighted by Gasteiger charge is 2.30. The fourth-order valence-electron chi connectivity index (χ4n) is 2.33. The fraction of sp³-hybridized carbons (Fsp3) is 0.538. The molecule has 1 fully saturated rings. The standard InChI is InChI=1S/C13H19NO2S/c1-12-6-5-10-14(12)17(15,16)11-9-13-7-3-2-4-8-13/h2-4,7-8,12H,5-6,9-11H2,1H3. The lowest BCUT2D eigenvalue weighted by Gasteiger charge is -2.20. The average molecular weight is 253 g/mol. The summed E-state index contributed by atoms with van der Waals surface area (Å²) >= 11 is 0. The Morgan fingerprint density at radius 3 is 2.59 bits per heavy atom. The van der Waals surface area contributed by atoms with Crippen LogP contribution in [0.5, 0.6) is 0 Å². The zero-order valence-corrected chi connectivity index (χ0v) is 11.0. The van der Waals surface area contributed by atoms with Crippen LogP contribution in [0.15, 0.2) is 30.3 Å². The Bertz CT molecular complexity index is 456. The summed E-state index contributed by atoms with van der Waals surface area (Å²) in [5.41, 5.74) is 1.09. The van der Waals surface area contributed by atoms with Crippen LogP contribution in [0.25, 0.3) is 0 Å². The predicted octanol–water partition coefficient (Wildman–Crippen LogP) is 2.04. The van der Waals surface area contributed by atoms with E-state index in [4.69, 9.17) is 0 Å². The monoisotopic (exact) mass is 253 g/mol. The molecule has 0 radical (unpaired) electrons. The summed E-state index contributed by atoms with van der Waals surface area (Å²) in [4.78, 5) is 0. The SMILES string of the molecule is CC1CCCN1S(=O)(=O)CCc1ccccc1. The van der Waals surface area contributed by atoms with Crippen molar-refractivity contribution < 1.29 is 8.42 Å². The van der Waals surface area contributed by atoms with Crippen LogP contribution in [-0.2, 0) is 16.4 Å². The fourth-order valence-corrected chi connectivity index (χ4v) is 4.12. The van der Waals surface area contributed by atoms with Gasteiger partial charge in [-0.3, -0.25) is 0 Å². The summed E-state index contributed by atoms with van der Waals surface area (Å²) in [6.07, 6.45) is 2.59. The van der Waals surface area contributed by atoms with E-state index in [1.165, 1.54) is 0 Å². The third-order valence-electron chi connectivity index (χ3n) is 3.34. The molecule has 1 atom stereocenters. The molecule has 17 heavy (non-hydrogen) atoms. The minimum Gasteiger partial charge on any atom is -0.212 e. The van der Waals surface area contributed by atoms with Crippen molar-refractivity contribution in [2.24, 2.45) is 0 Å². The summed E-state index contributed by atoms with van der Waals surface area (Å²) < 4.78 is 25.9. The summed E-state index contributed by atoms with van der Waals surface area (Å²) in [5.74, 6) is 0.224. The zero-order chi connectivity index (χ0) is 12.3. The van der Waals surface area contributed by atoms with Gasteiger partial charge in [-0.25, -0.2) is 8.42 Å². The molecule has 2 rings (SSSR count). The first kappa shape index (κ1) is 12.6. The quantitative estimate of drug-likeness (QED) is 0.823. The molecule has 4 heteroatoms. The summed E-state index contributed by atoms with van der Waals surface area (Å²) in [6, 6.07) is 9.96. The van der Waals surface area contributed by atoms with Gasteiger partial charge in [-0.2, -0.15) is 4.31 Å². The normalized spacial score (nSPS) is 21.8. The van der Waals surface area contributed by atoms with E-state index in [0.717, 1.165) is 18.4 Å². The third kappa shape index (κ3) is 3.07. The van der Waals surface area contributed by atoms with Gasteiger partial charge in [-0.15, -0.1) is 0 Å². The maximum absolute atomic E-state index is 12.1. The second-order valence-corrected chi connectivity index (χ2v) is 6.69. The Morgan fingerprint density at radius 2 is 2.00 bits per heavy atom. The molecule has 0 bridgehead atoms. The summed E-state index contributed by atoms with van der Waals surface area (Å²) in [5, 5.41) is 0. The third-order valence-corrected chi connectivity index (χ3v) is 5.32. The first-order valence-corrected chi connectivity index (χ1v) is 7.74. The lowest BCUT2D eigenvalue weighted by atomic mass is 10.2. The number of sulfonamides is 1. The Hall–Kier alpha value is -0.870. The Kier molecular flexibility index (Phi) is 3.84. The highest BCUT2D eigenvalue weighted by atomic mass is 32.2. The van der Waals surface area contributed by atoms with Crippen LogP contribution < -0.4 is 0 Å². The van der Waals surface area contributed by atoms with Crippen molar-refractivity contribution in [2.45, 2.75) is 32.2 Å². The van der Waals surface area contributed by atoms with Crippen LogP contribution in [0.2, 0.25) is 0 Å². The molecule has 0 amide bonds.